The molecule has 1 saturated carbocycles. The van der Waals surface area contributed by atoms with Crippen LogP contribution in [0.2, 0.25) is 0 Å². The molecule has 1 fully saturated rings. The Bertz CT molecular complexity index is 1020. The zero-order valence-electron chi connectivity index (χ0n) is 18.3. The number of fused-ring (bicyclic) bond motifs is 1. The molecule has 0 aliphatic heterocycles. The summed E-state index contributed by atoms with van der Waals surface area (Å²) in [5.41, 5.74) is 2.75. The van der Waals surface area contributed by atoms with Gasteiger partial charge in [0.05, 0.1) is 11.1 Å². The van der Waals surface area contributed by atoms with Gasteiger partial charge >= 0.3 is 0 Å². The molecule has 2 aromatic carbocycles. The van der Waals surface area contributed by atoms with Crippen molar-refractivity contribution < 1.29 is 0 Å². The fourth-order valence-electron chi connectivity index (χ4n) is 4.56. The van der Waals surface area contributed by atoms with Gasteiger partial charge in [-0.1, -0.05) is 62.4 Å². The molecule has 0 bridgehead atoms. The lowest BCUT2D eigenvalue weighted by Gasteiger charge is -2.16. The summed E-state index contributed by atoms with van der Waals surface area (Å²) in [7, 11) is 0. The van der Waals surface area contributed by atoms with Crippen LogP contribution in [0.15, 0.2) is 53.3 Å². The number of hydrogen-bond donors (Lipinski definition) is 3. The second-order valence-electron chi connectivity index (χ2n) is 8.66. The first-order chi connectivity index (χ1) is 15.3. The monoisotopic (exact) mass is 418 g/mol. The Morgan fingerprint density at radius 1 is 0.871 bits per heavy atom. The standard InChI is InChI=1S/C26H34N4O/c31-26-24-16-7-6-15-23(24)25(29-30-26)20-11-10-14-22(19-20)28-18-9-3-8-17-27-21-12-4-1-2-5-13-21/h6-7,10-11,14-16,19,21,27-28H,1-5,8-9,12-13,17-18H2,(H,30,31). The van der Waals surface area contributed by atoms with Crippen molar-refractivity contribution in [2.45, 2.75) is 63.8 Å². The van der Waals surface area contributed by atoms with Crippen LogP contribution < -0.4 is 16.2 Å². The summed E-state index contributed by atoms with van der Waals surface area (Å²) in [5, 5.41) is 15.8. The zero-order valence-corrected chi connectivity index (χ0v) is 18.3. The lowest BCUT2D eigenvalue weighted by molar-refractivity contribution is 0.450. The van der Waals surface area contributed by atoms with Gasteiger partial charge in [0.15, 0.2) is 0 Å². The van der Waals surface area contributed by atoms with Gasteiger partial charge in [0.2, 0.25) is 0 Å². The highest BCUT2D eigenvalue weighted by Crippen LogP contribution is 2.26. The number of aromatic amines is 1. The molecule has 1 aliphatic carbocycles. The van der Waals surface area contributed by atoms with Gasteiger partial charge in [0.1, 0.15) is 0 Å². The minimum atomic E-state index is -0.151. The van der Waals surface area contributed by atoms with Gasteiger partial charge in [-0.3, -0.25) is 4.79 Å². The number of nitrogens with zero attached hydrogens (tertiary/aromatic N) is 1. The van der Waals surface area contributed by atoms with Crippen LogP contribution in [0.4, 0.5) is 5.69 Å². The maximum Gasteiger partial charge on any atom is 0.272 e. The third kappa shape index (κ3) is 5.95. The maximum absolute atomic E-state index is 12.0. The molecule has 0 saturated heterocycles. The first-order valence-electron chi connectivity index (χ1n) is 11.9. The number of benzene rings is 2. The predicted octanol–water partition coefficient (Wildman–Crippen LogP) is 5.48. The van der Waals surface area contributed by atoms with Crippen LogP contribution >= 0.6 is 0 Å². The summed E-state index contributed by atoms with van der Waals surface area (Å²) in [6.07, 6.45) is 12.0. The average molecular weight is 419 g/mol. The van der Waals surface area contributed by atoms with E-state index in [0.717, 1.165) is 47.9 Å². The zero-order chi connectivity index (χ0) is 21.3. The van der Waals surface area contributed by atoms with Gasteiger partial charge in [-0.15, -0.1) is 0 Å². The second-order valence-corrected chi connectivity index (χ2v) is 8.66. The maximum atomic E-state index is 12.0. The number of hydrogen-bond acceptors (Lipinski definition) is 4. The van der Waals surface area contributed by atoms with Crippen LogP contribution in [0, 0.1) is 0 Å². The van der Waals surface area contributed by atoms with E-state index < -0.39 is 0 Å². The lowest BCUT2D eigenvalue weighted by atomic mass is 10.0. The van der Waals surface area contributed by atoms with Crippen molar-refractivity contribution in [3.05, 3.63) is 58.9 Å². The summed E-state index contributed by atoms with van der Waals surface area (Å²) in [6, 6.07) is 16.6. The quantitative estimate of drug-likeness (QED) is 0.318. The Hall–Kier alpha value is -2.66. The van der Waals surface area contributed by atoms with Crippen molar-refractivity contribution >= 4 is 16.5 Å². The number of anilines is 1. The van der Waals surface area contributed by atoms with Crippen molar-refractivity contribution in [2.75, 3.05) is 18.4 Å². The number of H-pyrrole nitrogens is 1. The van der Waals surface area contributed by atoms with Gasteiger partial charge < -0.3 is 10.6 Å². The predicted molar refractivity (Wildman–Crippen MR) is 130 cm³/mol. The van der Waals surface area contributed by atoms with E-state index in [1.807, 2.05) is 36.4 Å². The molecule has 0 spiro atoms. The van der Waals surface area contributed by atoms with Crippen LogP contribution in [-0.4, -0.2) is 29.3 Å². The van der Waals surface area contributed by atoms with Crippen LogP contribution in [0.5, 0.6) is 0 Å². The highest BCUT2D eigenvalue weighted by molar-refractivity contribution is 5.94. The minimum Gasteiger partial charge on any atom is -0.385 e. The Balaban J connectivity index is 1.25. The van der Waals surface area contributed by atoms with E-state index in [4.69, 9.17) is 0 Å². The summed E-state index contributed by atoms with van der Waals surface area (Å²) in [6.45, 7) is 2.11. The van der Waals surface area contributed by atoms with Gasteiger partial charge in [0, 0.05) is 29.2 Å². The van der Waals surface area contributed by atoms with Crippen LogP contribution in [0.25, 0.3) is 22.0 Å². The Kier molecular flexibility index (Phi) is 7.72. The first kappa shape index (κ1) is 21.6. The molecular weight excluding hydrogens is 384 g/mol. The summed E-state index contributed by atoms with van der Waals surface area (Å²) in [5.74, 6) is 0. The molecule has 1 aliphatic rings. The lowest BCUT2D eigenvalue weighted by Crippen LogP contribution is -2.29. The van der Waals surface area contributed by atoms with E-state index in [9.17, 15) is 4.79 Å². The molecule has 0 unspecified atom stereocenters. The van der Waals surface area contributed by atoms with Crippen LogP contribution in [0.1, 0.15) is 57.8 Å². The van der Waals surface area contributed by atoms with E-state index in [2.05, 4.69) is 33.0 Å². The average Bonchev–Trinajstić information content (AvgIpc) is 3.08. The molecule has 3 aromatic rings. The van der Waals surface area contributed by atoms with E-state index in [1.165, 1.54) is 51.4 Å². The topological polar surface area (TPSA) is 69.8 Å². The number of nitrogens with one attached hydrogen (secondary N) is 3. The Morgan fingerprint density at radius 3 is 2.48 bits per heavy atom. The molecule has 31 heavy (non-hydrogen) atoms. The van der Waals surface area contributed by atoms with Gasteiger partial charge in [-0.05, 0) is 50.4 Å². The number of unbranched alkanes of at least 4 members (excludes halogenated alkanes) is 2. The molecule has 0 radical (unpaired) electrons. The molecule has 1 aromatic heterocycles. The van der Waals surface area contributed by atoms with Gasteiger partial charge in [0.25, 0.3) is 5.56 Å². The Morgan fingerprint density at radius 2 is 1.65 bits per heavy atom. The summed E-state index contributed by atoms with van der Waals surface area (Å²) < 4.78 is 0. The molecule has 4 rings (SSSR count). The smallest absolute Gasteiger partial charge is 0.272 e. The molecule has 1 heterocycles. The largest absolute Gasteiger partial charge is 0.385 e. The molecule has 0 atom stereocenters. The van der Waals surface area contributed by atoms with Gasteiger partial charge in [-0.2, -0.15) is 5.10 Å². The van der Waals surface area contributed by atoms with E-state index in [0.29, 0.717) is 5.39 Å². The highest BCUT2D eigenvalue weighted by Gasteiger charge is 2.11. The van der Waals surface area contributed by atoms with Crippen molar-refractivity contribution in [1.29, 1.82) is 0 Å². The van der Waals surface area contributed by atoms with E-state index in [1.54, 1.807) is 0 Å². The molecule has 5 heteroatoms. The van der Waals surface area contributed by atoms with Crippen molar-refractivity contribution in [2.24, 2.45) is 0 Å². The van der Waals surface area contributed by atoms with E-state index in [-0.39, 0.29) is 5.56 Å². The molecular formula is C26H34N4O. The summed E-state index contributed by atoms with van der Waals surface area (Å²) in [4.78, 5) is 12.0. The van der Waals surface area contributed by atoms with Crippen LogP contribution in [0.3, 0.4) is 0 Å². The van der Waals surface area contributed by atoms with Crippen molar-refractivity contribution in [3.63, 3.8) is 0 Å². The number of aromatic nitrogens is 2. The molecule has 164 valence electrons. The first-order valence-corrected chi connectivity index (χ1v) is 11.9. The normalized spacial score (nSPS) is 15.1. The molecule has 5 nitrogen and oxygen atoms in total. The third-order valence-corrected chi connectivity index (χ3v) is 6.30. The highest BCUT2D eigenvalue weighted by atomic mass is 16.1. The van der Waals surface area contributed by atoms with Crippen molar-refractivity contribution in [1.82, 2.24) is 15.5 Å². The molecule has 3 N–H and O–H groups in total. The van der Waals surface area contributed by atoms with Crippen LogP contribution in [-0.2, 0) is 0 Å². The minimum absolute atomic E-state index is 0.151. The van der Waals surface area contributed by atoms with Gasteiger partial charge in [-0.25, -0.2) is 5.10 Å². The fraction of sp³-hybridized carbons (Fsp3) is 0.462. The third-order valence-electron chi connectivity index (χ3n) is 6.30. The Labute approximate surface area is 184 Å². The summed E-state index contributed by atoms with van der Waals surface area (Å²) >= 11 is 0. The second kappa shape index (κ2) is 11.1. The SMILES string of the molecule is O=c1[nH]nc(-c2cccc(NCCCCCNC3CCCCCC3)c2)c2ccccc12. The molecule has 0 amide bonds. The fourth-order valence-corrected chi connectivity index (χ4v) is 4.56. The van der Waals surface area contributed by atoms with Crippen molar-refractivity contribution in [3.8, 4) is 11.3 Å². The number of rotatable bonds is 9. The van der Waals surface area contributed by atoms with E-state index >= 15 is 0 Å².